The summed E-state index contributed by atoms with van der Waals surface area (Å²) in [5.74, 6) is -1.73. The number of carbonyl (C=O) groups is 4. The number of fused-ring (bicyclic) bond motifs is 7. The molecule has 0 radical (unpaired) electrons. The van der Waals surface area contributed by atoms with Crippen LogP contribution in [0.3, 0.4) is 0 Å². The quantitative estimate of drug-likeness (QED) is 0.0232. The molecule has 0 bridgehead atoms. The topological polar surface area (TPSA) is 232 Å². The molecule has 17 nitrogen and oxygen atoms in total. The predicted molar refractivity (Wildman–Crippen MR) is 304 cm³/mol. The first kappa shape index (κ1) is 60.2. The lowest BCUT2D eigenvalue weighted by Gasteiger charge is -2.59. The SMILES string of the molecule is C[C@]12C=CC(=O)C=C1CCC1C2[C@@H](O)C[C@@]2(C)C1C[C@H]1O[C@@H](C3CCCCC3)O[C@]12C(=O)COC(=O)[C@@H]1CCCN1C(=O)c1ccc[n+](Cc2cc(C(O)CNCCCCCCOCCCCc3ccccc3)ccc2OP(=O)(O)O)c1. The molecule has 10 rings (SSSR count). The standard InChI is InChI=1S/C64H84N3O14P/c1-62-29-28-49(68)36-48(62)25-26-50-51-37-57-64(63(51,2)38-53(69)58(50)62,80-61(79-57)44-20-9-6-10-21-44)56(71)42-78-60(73)52-23-16-32-67(52)59(72)46-22-15-31-66(40-46)41-47-35-45(24-27-55(47)81-82(74,75)76)54(70)39-65-30-12-3-4-13-33-77-34-14-11-19-43-17-7-5-8-18-43/h5,7-8,15,17-18,22,24,27-29,31,35-36,40,44,50-54,57-58,61,65,69-70H,3-4,6,9-14,16,19-21,23,25-26,30,32-34,37-39,41-42H2,1-2H3,(H-,74,75,76)/p+1/t50?,51?,52-,53-,54?,57+,58?,61+,62-,63-,64+/m0/s1. The molecule has 18 heteroatoms. The van der Waals surface area contributed by atoms with E-state index in [2.05, 4.69) is 43.4 Å². The van der Waals surface area contributed by atoms with Crippen LogP contribution in [0.4, 0.5) is 0 Å². The third-order valence-corrected chi connectivity index (χ3v) is 20.0. The first-order valence-corrected chi connectivity index (χ1v) is 31.8. The Labute approximate surface area is 482 Å². The van der Waals surface area contributed by atoms with E-state index in [1.165, 1.54) is 16.5 Å². The van der Waals surface area contributed by atoms with E-state index < -0.39 is 79.2 Å². The molecule has 2 aliphatic heterocycles. The predicted octanol–water partition coefficient (Wildman–Crippen LogP) is 8.38. The minimum Gasteiger partial charge on any atom is -0.456 e. The summed E-state index contributed by atoms with van der Waals surface area (Å²) in [7, 11) is -4.98. The van der Waals surface area contributed by atoms with Crippen LogP contribution in [0.25, 0.3) is 0 Å². The molecule has 2 aromatic carbocycles. The van der Waals surface area contributed by atoms with E-state index in [0.717, 1.165) is 102 Å². The Balaban J connectivity index is 0.747. The van der Waals surface area contributed by atoms with Crippen molar-refractivity contribution in [3.05, 3.63) is 119 Å². The zero-order chi connectivity index (χ0) is 57.7. The smallest absolute Gasteiger partial charge is 0.456 e. The molecular formula is C64H85N3O14P+. The number of pyridine rings is 1. The summed E-state index contributed by atoms with van der Waals surface area (Å²) in [6.07, 6.45) is 21.1. The highest BCUT2D eigenvalue weighted by molar-refractivity contribution is 7.46. The molecule has 6 fully saturated rings. The average molecular weight is 1150 g/mol. The van der Waals surface area contributed by atoms with Gasteiger partial charge >= 0.3 is 13.8 Å². The monoisotopic (exact) mass is 1150 g/mol. The number of Topliss-reactive ketones (excluding diaryl/α,β-unsaturated/α-hetero) is 1. The van der Waals surface area contributed by atoms with Gasteiger partial charge < -0.3 is 43.9 Å². The number of nitrogens with zero attached hydrogens (tertiary/aromatic N) is 2. The van der Waals surface area contributed by atoms with Crippen molar-refractivity contribution in [3.8, 4) is 5.75 Å². The summed E-state index contributed by atoms with van der Waals surface area (Å²) >= 11 is 0. The first-order chi connectivity index (χ1) is 39.5. The molecule has 3 aromatic rings. The summed E-state index contributed by atoms with van der Waals surface area (Å²) in [5, 5.41) is 26.8. The number of esters is 1. The number of carbonyl (C=O) groups excluding carboxylic acids is 4. The number of rotatable bonds is 25. The highest BCUT2D eigenvalue weighted by Gasteiger charge is 2.76. The van der Waals surface area contributed by atoms with Gasteiger partial charge in [0.25, 0.3) is 5.91 Å². The second-order valence-corrected chi connectivity index (χ2v) is 25.9. The Morgan fingerprint density at radius 2 is 1.71 bits per heavy atom. The summed E-state index contributed by atoms with van der Waals surface area (Å²) in [4.78, 5) is 77.4. The zero-order valence-electron chi connectivity index (χ0n) is 47.7. The van der Waals surface area contributed by atoms with Crippen LogP contribution in [-0.4, -0.2) is 118 Å². The van der Waals surface area contributed by atoms with E-state index >= 15 is 4.79 Å². The van der Waals surface area contributed by atoms with Crippen molar-refractivity contribution in [1.29, 1.82) is 0 Å². The fraction of sp³-hybridized carbons (Fsp3) is 0.609. The minimum atomic E-state index is -4.98. The van der Waals surface area contributed by atoms with Gasteiger partial charge in [0.05, 0.1) is 23.9 Å². The molecule has 3 heterocycles. The van der Waals surface area contributed by atoms with Crippen molar-refractivity contribution >= 4 is 31.3 Å². The van der Waals surface area contributed by atoms with Gasteiger partial charge in [0.1, 0.15) is 17.4 Å². The number of aliphatic hydroxyl groups is 2. The van der Waals surface area contributed by atoms with Gasteiger partial charge in [0, 0.05) is 55.0 Å². The molecule has 1 aromatic heterocycles. The van der Waals surface area contributed by atoms with Crippen LogP contribution in [0.5, 0.6) is 5.75 Å². The van der Waals surface area contributed by atoms with E-state index in [4.69, 9.17) is 23.5 Å². The maximum Gasteiger partial charge on any atom is 0.524 e. The largest absolute Gasteiger partial charge is 0.524 e. The number of unbranched alkanes of at least 4 members (excludes halogenated alkanes) is 4. The van der Waals surface area contributed by atoms with E-state index in [1.54, 1.807) is 53.4 Å². The van der Waals surface area contributed by atoms with Crippen LogP contribution < -0.4 is 14.4 Å². The Morgan fingerprint density at radius 3 is 2.50 bits per heavy atom. The van der Waals surface area contributed by atoms with Crippen molar-refractivity contribution in [3.63, 3.8) is 0 Å². The zero-order valence-corrected chi connectivity index (χ0v) is 48.6. The molecule has 444 valence electrons. The molecule has 1 amide bonds. The van der Waals surface area contributed by atoms with Gasteiger partial charge in [0.2, 0.25) is 5.78 Å². The number of benzene rings is 2. The fourth-order valence-corrected chi connectivity index (χ4v) is 15.9. The normalized spacial score (nSPS) is 30.0. The number of amides is 1. The number of ketones is 2. The van der Waals surface area contributed by atoms with Crippen LogP contribution in [0.2, 0.25) is 0 Å². The molecule has 5 aliphatic carbocycles. The second kappa shape index (κ2) is 26.1. The molecule has 82 heavy (non-hydrogen) atoms. The van der Waals surface area contributed by atoms with E-state index in [-0.39, 0.29) is 66.8 Å². The van der Waals surface area contributed by atoms with Crippen LogP contribution >= 0.6 is 7.82 Å². The number of aromatic nitrogens is 1. The Bertz CT molecular complexity index is 2870. The molecule has 4 unspecified atom stereocenters. The maximum absolute atomic E-state index is 15.2. The molecule has 4 saturated carbocycles. The number of aryl methyl sites for hydroxylation is 1. The number of nitrogens with one attached hydrogen (secondary N) is 1. The number of hydrogen-bond donors (Lipinski definition) is 5. The van der Waals surface area contributed by atoms with Crippen molar-refractivity contribution in [2.24, 2.45) is 34.5 Å². The van der Waals surface area contributed by atoms with Crippen LogP contribution in [0.15, 0.2) is 96.9 Å². The summed E-state index contributed by atoms with van der Waals surface area (Å²) in [6.45, 7) is 6.35. The van der Waals surface area contributed by atoms with Gasteiger partial charge in [-0.2, -0.15) is 4.57 Å². The second-order valence-electron chi connectivity index (χ2n) is 24.8. The van der Waals surface area contributed by atoms with Gasteiger partial charge in [-0.3, -0.25) is 24.2 Å². The van der Waals surface area contributed by atoms with Gasteiger partial charge in [-0.05, 0) is 143 Å². The third-order valence-electron chi connectivity index (χ3n) is 19.6. The highest BCUT2D eigenvalue weighted by Crippen LogP contribution is 2.70. The molecule has 0 spiro atoms. The number of phosphoric acid groups is 1. The molecule has 11 atom stereocenters. The number of hydrogen-bond acceptors (Lipinski definition) is 13. The van der Waals surface area contributed by atoms with E-state index in [0.29, 0.717) is 43.4 Å². The number of allylic oxidation sites excluding steroid dienone is 4. The fourth-order valence-electron chi connectivity index (χ4n) is 15.5. The van der Waals surface area contributed by atoms with Gasteiger partial charge in [-0.25, -0.2) is 9.36 Å². The Morgan fingerprint density at radius 1 is 0.927 bits per heavy atom. The number of phosphoric ester groups is 1. The van der Waals surface area contributed by atoms with Gasteiger partial charge in [-0.15, -0.1) is 0 Å². The molecule has 5 N–H and O–H groups in total. The number of ether oxygens (including phenoxy) is 4. The molecule has 7 aliphatic rings. The molecule has 2 saturated heterocycles. The van der Waals surface area contributed by atoms with Crippen molar-refractivity contribution in [1.82, 2.24) is 10.2 Å². The van der Waals surface area contributed by atoms with Gasteiger partial charge in [-0.1, -0.05) is 94.0 Å². The Hall–Kier alpha value is -4.94. The minimum absolute atomic E-state index is 0.0131. The van der Waals surface area contributed by atoms with E-state index in [1.807, 2.05) is 12.1 Å². The van der Waals surface area contributed by atoms with E-state index in [9.17, 15) is 38.9 Å². The lowest BCUT2D eigenvalue weighted by Crippen LogP contribution is -2.64. The summed E-state index contributed by atoms with van der Waals surface area (Å²) in [5.41, 5.74) is 0.678. The van der Waals surface area contributed by atoms with Crippen LogP contribution in [0, 0.1) is 34.5 Å². The van der Waals surface area contributed by atoms with Crippen molar-refractivity contribution in [2.75, 3.05) is 39.5 Å². The number of aliphatic hydroxyl groups excluding tert-OH is 2. The summed E-state index contributed by atoms with van der Waals surface area (Å²) < 4.78 is 44.6. The highest BCUT2D eigenvalue weighted by atomic mass is 31.2. The maximum atomic E-state index is 15.2. The average Bonchev–Trinajstić information content (AvgIpc) is 1.75. The van der Waals surface area contributed by atoms with Crippen molar-refractivity contribution in [2.45, 2.75) is 172 Å². The number of likely N-dealkylation sites (tertiary alicyclic amines) is 1. The van der Waals surface area contributed by atoms with Gasteiger partial charge in [0.15, 0.2) is 43.2 Å². The first-order valence-electron chi connectivity index (χ1n) is 30.3. The Kier molecular flexibility index (Phi) is 19.2. The lowest BCUT2D eigenvalue weighted by atomic mass is 9.46. The van der Waals surface area contributed by atoms with Crippen molar-refractivity contribution < 1.29 is 71.8 Å². The molecular weight excluding hydrogens is 1070 g/mol. The van der Waals surface area contributed by atoms with Crippen LogP contribution in [-0.2, 0) is 50.9 Å². The van der Waals surface area contributed by atoms with Crippen LogP contribution in [0.1, 0.15) is 156 Å². The third kappa shape index (κ3) is 13.0. The lowest BCUT2D eigenvalue weighted by molar-refractivity contribution is -0.688. The summed E-state index contributed by atoms with van der Waals surface area (Å²) in [6, 6.07) is 17.4.